The van der Waals surface area contributed by atoms with Crippen LogP contribution in [0, 0.1) is 6.92 Å². The van der Waals surface area contributed by atoms with Gasteiger partial charge >= 0.3 is 6.03 Å². The Morgan fingerprint density at radius 2 is 1.88 bits per heavy atom. The number of hydrogen-bond donors (Lipinski definition) is 2. The standard InChI is InChI=1S/C21H20N2O/c1-4-16-17(5-2)20(19-12-7-6-11-18(16)19)23-21(24)22-15-10-8-9-14(3)13-15/h4-13,20H,1-2H2,3H3,(H2,22,23,24). The highest BCUT2D eigenvalue weighted by atomic mass is 16.2. The Bertz CT molecular complexity index is 848. The molecule has 0 saturated heterocycles. The van der Waals surface area contributed by atoms with E-state index in [1.165, 1.54) is 0 Å². The number of hydrogen-bond acceptors (Lipinski definition) is 1. The lowest BCUT2D eigenvalue weighted by Gasteiger charge is -2.17. The topological polar surface area (TPSA) is 41.1 Å². The summed E-state index contributed by atoms with van der Waals surface area (Å²) in [5.74, 6) is 0. The number of rotatable bonds is 4. The summed E-state index contributed by atoms with van der Waals surface area (Å²) in [5.41, 5.74) is 5.99. The first-order valence-corrected chi connectivity index (χ1v) is 7.86. The fourth-order valence-corrected chi connectivity index (χ4v) is 3.10. The number of nitrogens with one attached hydrogen (secondary N) is 2. The smallest absolute Gasteiger partial charge is 0.319 e. The van der Waals surface area contributed by atoms with Crippen molar-refractivity contribution >= 4 is 17.3 Å². The van der Waals surface area contributed by atoms with E-state index in [1.54, 1.807) is 6.08 Å². The van der Waals surface area contributed by atoms with Gasteiger partial charge in [-0.3, -0.25) is 0 Å². The van der Waals surface area contributed by atoms with E-state index in [2.05, 4.69) is 23.8 Å². The van der Waals surface area contributed by atoms with Crippen molar-refractivity contribution in [2.75, 3.05) is 5.32 Å². The molecule has 3 nitrogen and oxygen atoms in total. The maximum absolute atomic E-state index is 12.4. The first kappa shape index (κ1) is 15.8. The average molecular weight is 316 g/mol. The Labute approximate surface area is 142 Å². The molecule has 0 aliphatic heterocycles. The molecule has 0 fully saturated rings. The molecule has 0 saturated carbocycles. The van der Waals surface area contributed by atoms with Gasteiger partial charge in [-0.1, -0.05) is 61.7 Å². The van der Waals surface area contributed by atoms with E-state index in [9.17, 15) is 4.79 Å². The lowest BCUT2D eigenvalue weighted by Crippen LogP contribution is -2.32. The van der Waals surface area contributed by atoms with Gasteiger partial charge < -0.3 is 10.6 Å². The summed E-state index contributed by atoms with van der Waals surface area (Å²) in [6.45, 7) is 9.79. The molecule has 0 spiro atoms. The molecule has 1 unspecified atom stereocenters. The van der Waals surface area contributed by atoms with Gasteiger partial charge in [0.2, 0.25) is 0 Å². The fraction of sp³-hybridized carbons (Fsp3) is 0.0952. The van der Waals surface area contributed by atoms with Gasteiger partial charge in [-0.05, 0) is 46.9 Å². The second kappa shape index (κ2) is 6.59. The van der Waals surface area contributed by atoms with Gasteiger partial charge in [-0.15, -0.1) is 0 Å². The van der Waals surface area contributed by atoms with Crippen LogP contribution in [0.15, 0.2) is 79.4 Å². The van der Waals surface area contributed by atoms with Crippen LogP contribution >= 0.6 is 0 Å². The number of carbonyl (C=O) groups is 1. The zero-order valence-corrected chi connectivity index (χ0v) is 13.7. The number of amides is 2. The number of fused-ring (bicyclic) bond motifs is 1. The zero-order chi connectivity index (χ0) is 17.1. The lowest BCUT2D eigenvalue weighted by atomic mass is 10.0. The van der Waals surface area contributed by atoms with Crippen molar-refractivity contribution in [1.29, 1.82) is 0 Å². The first-order valence-electron chi connectivity index (χ1n) is 7.86. The van der Waals surface area contributed by atoms with Crippen LogP contribution in [0.1, 0.15) is 22.7 Å². The van der Waals surface area contributed by atoms with E-state index in [1.807, 2.05) is 61.5 Å². The van der Waals surface area contributed by atoms with Crippen molar-refractivity contribution in [3.05, 3.63) is 96.1 Å². The van der Waals surface area contributed by atoms with E-state index in [0.29, 0.717) is 0 Å². The van der Waals surface area contributed by atoms with Crippen LogP contribution in [-0.2, 0) is 0 Å². The van der Waals surface area contributed by atoms with Crippen LogP contribution < -0.4 is 10.6 Å². The summed E-state index contributed by atoms with van der Waals surface area (Å²) in [5, 5.41) is 5.93. The number of urea groups is 1. The molecule has 24 heavy (non-hydrogen) atoms. The van der Waals surface area contributed by atoms with Crippen molar-refractivity contribution in [1.82, 2.24) is 5.32 Å². The molecule has 2 N–H and O–H groups in total. The van der Waals surface area contributed by atoms with E-state index >= 15 is 0 Å². The average Bonchev–Trinajstić information content (AvgIpc) is 2.87. The number of benzene rings is 2. The Hall–Kier alpha value is -3.07. The van der Waals surface area contributed by atoms with E-state index in [-0.39, 0.29) is 12.1 Å². The van der Waals surface area contributed by atoms with Gasteiger partial charge in [-0.2, -0.15) is 0 Å². The Morgan fingerprint density at radius 1 is 1.08 bits per heavy atom. The molecule has 1 aliphatic rings. The molecule has 3 heteroatoms. The van der Waals surface area contributed by atoms with Crippen molar-refractivity contribution < 1.29 is 4.79 Å². The van der Waals surface area contributed by atoms with Gasteiger partial charge in [0.1, 0.15) is 0 Å². The molecule has 3 rings (SSSR count). The highest BCUT2D eigenvalue weighted by Crippen LogP contribution is 2.41. The monoisotopic (exact) mass is 316 g/mol. The van der Waals surface area contributed by atoms with Crippen LogP contribution in [0.3, 0.4) is 0 Å². The summed E-state index contributed by atoms with van der Waals surface area (Å²) in [6, 6.07) is 15.3. The number of anilines is 1. The van der Waals surface area contributed by atoms with Gasteiger partial charge in [0.25, 0.3) is 0 Å². The number of allylic oxidation sites excluding steroid dienone is 2. The molecule has 1 atom stereocenters. The molecule has 2 aromatic carbocycles. The molecule has 0 radical (unpaired) electrons. The minimum absolute atomic E-state index is 0.225. The molecule has 120 valence electrons. The molecule has 2 aromatic rings. The van der Waals surface area contributed by atoms with Crippen LogP contribution in [0.4, 0.5) is 10.5 Å². The summed E-state index contributed by atoms with van der Waals surface area (Å²) in [4.78, 5) is 12.4. The van der Waals surface area contributed by atoms with E-state index in [0.717, 1.165) is 33.5 Å². The van der Waals surface area contributed by atoms with Gasteiger partial charge in [0, 0.05) is 5.69 Å². The Balaban J connectivity index is 1.86. The predicted molar refractivity (Wildman–Crippen MR) is 99.8 cm³/mol. The summed E-state index contributed by atoms with van der Waals surface area (Å²) in [6.07, 6.45) is 3.60. The highest BCUT2D eigenvalue weighted by molar-refractivity contribution is 5.92. The third kappa shape index (κ3) is 2.88. The molecule has 2 amide bonds. The van der Waals surface area contributed by atoms with Crippen LogP contribution in [0.25, 0.3) is 5.57 Å². The van der Waals surface area contributed by atoms with Crippen LogP contribution in [0.5, 0.6) is 0 Å². The van der Waals surface area contributed by atoms with Crippen molar-refractivity contribution in [2.45, 2.75) is 13.0 Å². The maximum Gasteiger partial charge on any atom is 0.319 e. The summed E-state index contributed by atoms with van der Waals surface area (Å²) >= 11 is 0. The number of carbonyl (C=O) groups excluding carboxylic acids is 1. The minimum Gasteiger partial charge on any atom is -0.327 e. The van der Waals surface area contributed by atoms with Crippen molar-refractivity contribution in [3.8, 4) is 0 Å². The molecule has 0 bridgehead atoms. The minimum atomic E-state index is -0.245. The normalized spacial score (nSPS) is 15.6. The quantitative estimate of drug-likeness (QED) is 0.819. The maximum atomic E-state index is 12.4. The molecular formula is C21H20N2O. The van der Waals surface area contributed by atoms with Gasteiger partial charge in [-0.25, -0.2) is 4.79 Å². The second-order valence-electron chi connectivity index (χ2n) is 5.77. The zero-order valence-electron chi connectivity index (χ0n) is 13.7. The summed E-state index contributed by atoms with van der Waals surface area (Å²) in [7, 11) is 0. The van der Waals surface area contributed by atoms with Crippen LogP contribution in [0.2, 0.25) is 0 Å². The lowest BCUT2D eigenvalue weighted by molar-refractivity contribution is 0.250. The summed E-state index contributed by atoms with van der Waals surface area (Å²) < 4.78 is 0. The third-order valence-electron chi connectivity index (χ3n) is 4.16. The molecule has 1 aliphatic carbocycles. The molecule has 0 aromatic heterocycles. The van der Waals surface area contributed by atoms with Gasteiger partial charge in [0.05, 0.1) is 6.04 Å². The largest absolute Gasteiger partial charge is 0.327 e. The van der Waals surface area contributed by atoms with E-state index < -0.39 is 0 Å². The Morgan fingerprint density at radius 3 is 2.58 bits per heavy atom. The van der Waals surface area contributed by atoms with Gasteiger partial charge in [0.15, 0.2) is 0 Å². The Kier molecular flexibility index (Phi) is 4.34. The van der Waals surface area contributed by atoms with Crippen LogP contribution in [-0.4, -0.2) is 6.03 Å². The molecular weight excluding hydrogens is 296 g/mol. The highest BCUT2D eigenvalue weighted by Gasteiger charge is 2.29. The predicted octanol–water partition coefficient (Wildman–Crippen LogP) is 5.00. The van der Waals surface area contributed by atoms with Crippen molar-refractivity contribution in [2.24, 2.45) is 0 Å². The molecule has 0 heterocycles. The van der Waals surface area contributed by atoms with Crippen molar-refractivity contribution in [3.63, 3.8) is 0 Å². The SMILES string of the molecule is C=CC1=C(C=C)C(NC(=O)Nc2cccc(C)c2)c2ccccc21. The second-order valence-corrected chi connectivity index (χ2v) is 5.77. The third-order valence-corrected chi connectivity index (χ3v) is 4.16. The number of aryl methyl sites for hydroxylation is 1. The first-order chi connectivity index (χ1) is 11.6. The fourth-order valence-electron chi connectivity index (χ4n) is 3.10. The van der Waals surface area contributed by atoms with E-state index in [4.69, 9.17) is 0 Å².